The fourth-order valence-electron chi connectivity index (χ4n) is 4.26. The molecule has 6 rings (SSSR count). The van der Waals surface area contributed by atoms with Crippen LogP contribution in [-0.2, 0) is 6.42 Å². The normalized spacial score (nSPS) is 11.5. The third kappa shape index (κ3) is 2.88. The van der Waals surface area contributed by atoms with Gasteiger partial charge in [-0.1, -0.05) is 79.7 Å². The number of rotatable bonds is 3. The summed E-state index contributed by atoms with van der Waals surface area (Å²) in [6.07, 6.45) is 0.743. The van der Waals surface area contributed by atoms with Crippen LogP contribution in [0.5, 0.6) is 0 Å². The van der Waals surface area contributed by atoms with E-state index in [0.29, 0.717) is 11.8 Å². The van der Waals surface area contributed by atoms with E-state index in [1.54, 1.807) is 0 Å². The van der Waals surface area contributed by atoms with Crippen LogP contribution in [0.1, 0.15) is 12.7 Å². The lowest BCUT2D eigenvalue weighted by Gasteiger charge is -2.10. The van der Waals surface area contributed by atoms with Crippen molar-refractivity contribution in [2.45, 2.75) is 13.3 Å². The van der Waals surface area contributed by atoms with Gasteiger partial charge in [-0.2, -0.15) is 9.97 Å². The number of benzene rings is 4. The average Bonchev–Trinajstić information content (AvgIpc) is 3.18. The van der Waals surface area contributed by atoms with Crippen molar-refractivity contribution in [1.29, 1.82) is 0 Å². The van der Waals surface area contributed by atoms with Gasteiger partial charge < -0.3 is 0 Å². The monoisotopic (exact) mass is 400 g/mol. The second-order valence-corrected chi connectivity index (χ2v) is 7.66. The van der Waals surface area contributed by atoms with E-state index < -0.39 is 0 Å². The average molecular weight is 400 g/mol. The highest BCUT2D eigenvalue weighted by Gasteiger charge is 2.16. The SMILES string of the molecule is CCc1nc(-c2ccc3ccccc3c2)nc(-n2c3ccccc3c3ccccc32)n1. The Morgan fingerprint density at radius 3 is 2.00 bits per heavy atom. The summed E-state index contributed by atoms with van der Waals surface area (Å²) in [5, 5.41) is 4.78. The van der Waals surface area contributed by atoms with Gasteiger partial charge in [0, 0.05) is 22.8 Å². The van der Waals surface area contributed by atoms with Crippen LogP contribution in [0.25, 0.3) is 49.9 Å². The quantitative estimate of drug-likeness (QED) is 0.348. The Morgan fingerprint density at radius 2 is 1.29 bits per heavy atom. The van der Waals surface area contributed by atoms with E-state index in [0.717, 1.165) is 28.8 Å². The third-order valence-corrected chi connectivity index (χ3v) is 5.77. The zero-order chi connectivity index (χ0) is 20.8. The van der Waals surface area contributed by atoms with Crippen LogP contribution < -0.4 is 0 Å². The number of para-hydroxylation sites is 2. The van der Waals surface area contributed by atoms with E-state index in [4.69, 9.17) is 15.0 Å². The Labute approximate surface area is 179 Å². The summed E-state index contributed by atoms with van der Waals surface area (Å²) < 4.78 is 2.15. The molecular formula is C27H20N4. The molecule has 2 aromatic heterocycles. The fraction of sp³-hybridized carbons (Fsp3) is 0.0741. The maximum atomic E-state index is 4.94. The van der Waals surface area contributed by atoms with Crippen LogP contribution in [0.4, 0.5) is 0 Å². The summed E-state index contributed by atoms with van der Waals surface area (Å²) in [5.74, 6) is 2.15. The first-order valence-electron chi connectivity index (χ1n) is 10.5. The summed E-state index contributed by atoms with van der Waals surface area (Å²) in [6, 6.07) is 31.5. The molecule has 4 aromatic carbocycles. The number of fused-ring (bicyclic) bond motifs is 4. The van der Waals surface area contributed by atoms with Crippen molar-refractivity contribution in [2.75, 3.05) is 0 Å². The molecule has 31 heavy (non-hydrogen) atoms. The molecule has 0 fully saturated rings. The highest BCUT2D eigenvalue weighted by atomic mass is 15.2. The molecule has 0 spiro atoms. The lowest BCUT2D eigenvalue weighted by Crippen LogP contribution is -2.07. The Balaban J connectivity index is 1.63. The zero-order valence-corrected chi connectivity index (χ0v) is 17.2. The third-order valence-electron chi connectivity index (χ3n) is 5.77. The minimum Gasteiger partial charge on any atom is -0.278 e. The molecule has 0 atom stereocenters. The summed E-state index contributed by atoms with van der Waals surface area (Å²) >= 11 is 0. The molecule has 0 bridgehead atoms. The second-order valence-electron chi connectivity index (χ2n) is 7.66. The van der Waals surface area contributed by atoms with Crippen LogP contribution in [0.2, 0.25) is 0 Å². The van der Waals surface area contributed by atoms with Crippen molar-refractivity contribution >= 4 is 32.6 Å². The summed E-state index contributed by atoms with van der Waals surface area (Å²) in [5.41, 5.74) is 3.20. The molecule has 4 nitrogen and oxygen atoms in total. The molecule has 0 saturated carbocycles. The molecule has 4 heteroatoms. The molecule has 0 aliphatic heterocycles. The maximum absolute atomic E-state index is 4.94. The molecular weight excluding hydrogens is 380 g/mol. The second kappa shape index (κ2) is 7.03. The predicted octanol–water partition coefficient (Wildman–Crippen LogP) is 6.35. The number of hydrogen-bond donors (Lipinski definition) is 0. The van der Waals surface area contributed by atoms with Crippen LogP contribution in [0, 0.1) is 0 Å². The van der Waals surface area contributed by atoms with Crippen LogP contribution in [-0.4, -0.2) is 19.5 Å². The summed E-state index contributed by atoms with van der Waals surface area (Å²) in [7, 11) is 0. The Kier molecular flexibility index (Phi) is 4.03. The minimum atomic E-state index is 0.660. The van der Waals surface area contributed by atoms with Crippen molar-refractivity contribution in [3.8, 4) is 17.3 Å². The molecule has 0 saturated heterocycles. The van der Waals surface area contributed by atoms with Crippen molar-refractivity contribution < 1.29 is 0 Å². The highest BCUT2D eigenvalue weighted by molar-refractivity contribution is 6.08. The van der Waals surface area contributed by atoms with Gasteiger partial charge in [-0.3, -0.25) is 4.57 Å². The van der Waals surface area contributed by atoms with Gasteiger partial charge in [-0.25, -0.2) is 4.98 Å². The van der Waals surface area contributed by atoms with Crippen molar-refractivity contribution in [2.24, 2.45) is 0 Å². The van der Waals surface area contributed by atoms with Crippen molar-refractivity contribution in [1.82, 2.24) is 19.5 Å². The first kappa shape index (κ1) is 17.8. The summed E-state index contributed by atoms with van der Waals surface area (Å²) in [6.45, 7) is 2.08. The number of aromatic nitrogens is 4. The minimum absolute atomic E-state index is 0.660. The molecule has 148 valence electrons. The first-order valence-corrected chi connectivity index (χ1v) is 10.5. The topological polar surface area (TPSA) is 43.6 Å². The maximum Gasteiger partial charge on any atom is 0.238 e. The van der Waals surface area contributed by atoms with E-state index in [1.807, 2.05) is 0 Å². The van der Waals surface area contributed by atoms with E-state index >= 15 is 0 Å². The van der Waals surface area contributed by atoms with Gasteiger partial charge in [0.1, 0.15) is 5.82 Å². The zero-order valence-electron chi connectivity index (χ0n) is 17.2. The summed E-state index contributed by atoms with van der Waals surface area (Å²) in [4.78, 5) is 14.5. The van der Waals surface area contributed by atoms with E-state index in [9.17, 15) is 0 Å². The van der Waals surface area contributed by atoms with Crippen molar-refractivity contribution in [3.05, 3.63) is 96.8 Å². The molecule has 0 radical (unpaired) electrons. The standard InChI is InChI=1S/C27H20N4/c1-2-25-28-26(20-16-15-18-9-3-4-10-19(18)17-20)30-27(29-25)31-23-13-7-5-11-21(23)22-12-6-8-14-24(22)31/h3-17H,2H2,1H3. The lowest BCUT2D eigenvalue weighted by molar-refractivity contribution is 0.860. The molecule has 2 heterocycles. The van der Waals surface area contributed by atoms with Crippen molar-refractivity contribution in [3.63, 3.8) is 0 Å². The van der Waals surface area contributed by atoms with Gasteiger partial charge in [-0.15, -0.1) is 0 Å². The van der Waals surface area contributed by atoms with E-state index in [-0.39, 0.29) is 0 Å². The van der Waals surface area contributed by atoms with Gasteiger partial charge in [0.15, 0.2) is 5.82 Å². The molecule has 0 N–H and O–H groups in total. The molecule has 0 amide bonds. The lowest BCUT2D eigenvalue weighted by atomic mass is 10.1. The fourth-order valence-corrected chi connectivity index (χ4v) is 4.26. The van der Waals surface area contributed by atoms with Crippen LogP contribution in [0.15, 0.2) is 91.0 Å². The largest absolute Gasteiger partial charge is 0.278 e. The number of hydrogen-bond acceptors (Lipinski definition) is 3. The van der Waals surface area contributed by atoms with Gasteiger partial charge in [-0.05, 0) is 29.0 Å². The smallest absolute Gasteiger partial charge is 0.238 e. The highest BCUT2D eigenvalue weighted by Crippen LogP contribution is 2.31. The van der Waals surface area contributed by atoms with E-state index in [2.05, 4.69) is 102 Å². The molecule has 0 unspecified atom stereocenters. The Hall–Kier alpha value is -4.05. The Bertz CT molecular complexity index is 1530. The molecule has 0 aliphatic rings. The van der Waals surface area contributed by atoms with Gasteiger partial charge in [0.05, 0.1) is 11.0 Å². The molecule has 6 aromatic rings. The Morgan fingerprint density at radius 1 is 0.645 bits per heavy atom. The van der Waals surface area contributed by atoms with Crippen LogP contribution in [0.3, 0.4) is 0 Å². The van der Waals surface area contributed by atoms with Gasteiger partial charge in [0.25, 0.3) is 0 Å². The number of aryl methyl sites for hydroxylation is 1. The predicted molar refractivity (Wildman–Crippen MR) is 126 cm³/mol. The van der Waals surface area contributed by atoms with Gasteiger partial charge >= 0.3 is 0 Å². The molecule has 0 aliphatic carbocycles. The van der Waals surface area contributed by atoms with E-state index in [1.165, 1.54) is 21.5 Å². The van der Waals surface area contributed by atoms with Gasteiger partial charge in [0.2, 0.25) is 5.95 Å². The first-order chi connectivity index (χ1) is 15.3. The number of nitrogens with zero attached hydrogens (tertiary/aromatic N) is 4. The van der Waals surface area contributed by atoms with Crippen LogP contribution >= 0.6 is 0 Å².